The molecule has 2 amide bonds. The van der Waals surface area contributed by atoms with E-state index in [1.54, 1.807) is 9.80 Å². The van der Waals surface area contributed by atoms with Crippen LogP contribution in [0.1, 0.15) is 24.0 Å². The first kappa shape index (κ1) is 21.9. The van der Waals surface area contributed by atoms with Crippen LogP contribution in [0.4, 0.5) is 18.0 Å². The minimum absolute atomic E-state index is 0.0321. The van der Waals surface area contributed by atoms with Gasteiger partial charge in [0.2, 0.25) is 5.91 Å². The Kier molecular flexibility index (Phi) is 6.48. The summed E-state index contributed by atoms with van der Waals surface area (Å²) in [5.41, 5.74) is 0.929. The third-order valence-corrected chi connectivity index (χ3v) is 5.96. The van der Waals surface area contributed by atoms with E-state index in [0.29, 0.717) is 39.0 Å². The summed E-state index contributed by atoms with van der Waals surface area (Å²) in [4.78, 5) is 28.2. The van der Waals surface area contributed by atoms with Crippen molar-refractivity contribution in [2.24, 2.45) is 0 Å². The lowest BCUT2D eigenvalue weighted by molar-refractivity contribution is -0.127. The summed E-state index contributed by atoms with van der Waals surface area (Å²) in [7, 11) is 0. The normalized spacial score (nSPS) is 19.6. The Bertz CT molecular complexity index is 1020. The molecule has 0 saturated carbocycles. The lowest BCUT2D eigenvalue weighted by Crippen LogP contribution is -2.50. The Hall–Kier alpha value is -3.29. The van der Waals surface area contributed by atoms with E-state index in [1.165, 1.54) is 0 Å². The second-order valence-electron chi connectivity index (χ2n) is 7.98. The Morgan fingerprint density at radius 1 is 1.03 bits per heavy atom. The highest BCUT2D eigenvalue weighted by Crippen LogP contribution is 2.26. The number of halogens is 3. The molecule has 0 aliphatic carbocycles. The Labute approximate surface area is 184 Å². The largest absolute Gasteiger partial charge is 0.447 e. The number of ether oxygens (including phenoxy) is 1. The molecule has 8 heteroatoms. The van der Waals surface area contributed by atoms with E-state index in [0.717, 1.165) is 29.8 Å². The van der Waals surface area contributed by atoms with E-state index in [4.69, 9.17) is 4.74 Å². The van der Waals surface area contributed by atoms with Crippen LogP contribution in [0.3, 0.4) is 0 Å². The number of hydrogen-bond acceptors (Lipinski definition) is 3. The fraction of sp³-hybridized carbons (Fsp3) is 0.333. The van der Waals surface area contributed by atoms with Crippen LogP contribution in [0.15, 0.2) is 48.5 Å². The summed E-state index contributed by atoms with van der Waals surface area (Å²) in [6.07, 6.45) is 3.86. The van der Waals surface area contributed by atoms with Crippen molar-refractivity contribution in [1.29, 1.82) is 0 Å². The average Bonchev–Trinajstić information content (AvgIpc) is 3.17. The standard InChI is InChI=1S/C24H23F3N2O3/c25-20-8-6-17(22(26)23(20)27)7-9-21(30)28-12-10-18(11-13-28)29-19(15-32-24(29)31)14-16-4-2-1-3-5-16/h1-9,18-19H,10-15H2. The minimum atomic E-state index is -1.57. The summed E-state index contributed by atoms with van der Waals surface area (Å²) < 4.78 is 45.4. The summed E-state index contributed by atoms with van der Waals surface area (Å²) >= 11 is 0. The van der Waals surface area contributed by atoms with Gasteiger partial charge < -0.3 is 9.64 Å². The number of rotatable bonds is 5. The smallest absolute Gasteiger partial charge is 0.410 e. The first-order valence-electron chi connectivity index (χ1n) is 10.5. The summed E-state index contributed by atoms with van der Waals surface area (Å²) in [5, 5.41) is 0. The van der Waals surface area contributed by atoms with Gasteiger partial charge in [-0.2, -0.15) is 0 Å². The molecule has 2 aromatic carbocycles. The van der Waals surface area contributed by atoms with Gasteiger partial charge in [0.15, 0.2) is 17.5 Å². The SMILES string of the molecule is O=C(C=Cc1ccc(F)c(F)c1F)N1CCC(N2C(=O)OCC2Cc2ccccc2)CC1. The summed E-state index contributed by atoms with van der Waals surface area (Å²) in [6, 6.07) is 11.7. The molecule has 2 heterocycles. The molecule has 2 saturated heterocycles. The Morgan fingerprint density at radius 2 is 1.75 bits per heavy atom. The monoisotopic (exact) mass is 444 g/mol. The van der Waals surface area contributed by atoms with Gasteiger partial charge in [-0.1, -0.05) is 30.3 Å². The highest BCUT2D eigenvalue weighted by atomic mass is 19.2. The topological polar surface area (TPSA) is 49.9 Å². The number of benzene rings is 2. The van der Waals surface area contributed by atoms with Gasteiger partial charge in [0.1, 0.15) is 6.61 Å². The van der Waals surface area contributed by atoms with Crippen LogP contribution in [0.5, 0.6) is 0 Å². The Morgan fingerprint density at radius 3 is 2.47 bits per heavy atom. The van der Waals surface area contributed by atoms with Gasteiger partial charge >= 0.3 is 6.09 Å². The molecule has 2 aliphatic heterocycles. The second kappa shape index (κ2) is 9.46. The first-order valence-corrected chi connectivity index (χ1v) is 10.5. The third kappa shape index (κ3) is 4.64. The lowest BCUT2D eigenvalue weighted by atomic mass is 9.99. The molecule has 0 bridgehead atoms. The number of likely N-dealkylation sites (tertiary alicyclic amines) is 1. The van der Waals surface area contributed by atoms with Crippen molar-refractivity contribution in [2.45, 2.75) is 31.3 Å². The van der Waals surface area contributed by atoms with Crippen LogP contribution in [0.2, 0.25) is 0 Å². The van der Waals surface area contributed by atoms with E-state index in [1.807, 2.05) is 30.3 Å². The minimum Gasteiger partial charge on any atom is -0.447 e. The molecule has 0 aromatic heterocycles. The van der Waals surface area contributed by atoms with Crippen LogP contribution in [0, 0.1) is 17.5 Å². The highest BCUT2D eigenvalue weighted by Gasteiger charge is 2.39. The number of hydrogen-bond donors (Lipinski definition) is 0. The van der Waals surface area contributed by atoms with Crippen LogP contribution in [0.25, 0.3) is 6.08 Å². The fourth-order valence-corrected chi connectivity index (χ4v) is 4.26. The van der Waals surface area contributed by atoms with Gasteiger partial charge in [-0.05, 0) is 43.0 Å². The quantitative estimate of drug-likeness (QED) is 0.514. The number of piperidine rings is 1. The van der Waals surface area contributed by atoms with Gasteiger partial charge in [-0.3, -0.25) is 9.69 Å². The molecule has 0 N–H and O–H groups in total. The van der Waals surface area contributed by atoms with Crippen LogP contribution < -0.4 is 0 Å². The number of nitrogens with zero attached hydrogens (tertiary/aromatic N) is 2. The van der Waals surface area contributed by atoms with Crippen molar-refractivity contribution >= 4 is 18.1 Å². The van der Waals surface area contributed by atoms with E-state index in [2.05, 4.69) is 0 Å². The van der Waals surface area contributed by atoms with Crippen molar-refractivity contribution in [2.75, 3.05) is 19.7 Å². The zero-order valence-corrected chi connectivity index (χ0v) is 17.3. The van der Waals surface area contributed by atoms with Crippen molar-refractivity contribution < 1.29 is 27.5 Å². The Balaban J connectivity index is 1.35. The number of carbonyl (C=O) groups excluding carboxylic acids is 2. The molecule has 5 nitrogen and oxygen atoms in total. The zero-order valence-electron chi connectivity index (χ0n) is 17.3. The van der Waals surface area contributed by atoms with Gasteiger partial charge in [-0.15, -0.1) is 0 Å². The average molecular weight is 444 g/mol. The second-order valence-corrected chi connectivity index (χ2v) is 7.98. The van der Waals surface area contributed by atoms with Gasteiger partial charge in [0.25, 0.3) is 0 Å². The molecule has 1 unspecified atom stereocenters. The van der Waals surface area contributed by atoms with Gasteiger partial charge in [0.05, 0.1) is 6.04 Å². The predicted molar refractivity (Wildman–Crippen MR) is 112 cm³/mol. The highest BCUT2D eigenvalue weighted by molar-refractivity contribution is 5.91. The van der Waals surface area contributed by atoms with E-state index < -0.39 is 17.5 Å². The predicted octanol–water partition coefficient (Wildman–Crippen LogP) is 4.17. The maximum absolute atomic E-state index is 13.8. The number of carbonyl (C=O) groups is 2. The zero-order chi connectivity index (χ0) is 22.7. The maximum atomic E-state index is 13.8. The summed E-state index contributed by atoms with van der Waals surface area (Å²) in [5.74, 6) is -4.52. The first-order chi connectivity index (χ1) is 15.4. The van der Waals surface area contributed by atoms with Crippen molar-refractivity contribution in [1.82, 2.24) is 9.80 Å². The molecule has 168 valence electrons. The number of amides is 2. The summed E-state index contributed by atoms with van der Waals surface area (Å²) in [6.45, 7) is 1.20. The molecule has 4 rings (SSSR count). The van der Waals surface area contributed by atoms with E-state index in [-0.39, 0.29) is 29.6 Å². The lowest BCUT2D eigenvalue weighted by Gasteiger charge is -2.37. The molecule has 0 spiro atoms. The third-order valence-electron chi connectivity index (χ3n) is 5.96. The molecular formula is C24H23F3N2O3. The van der Waals surface area contributed by atoms with Gasteiger partial charge in [-0.25, -0.2) is 18.0 Å². The molecule has 0 radical (unpaired) electrons. The van der Waals surface area contributed by atoms with Crippen molar-refractivity contribution in [3.63, 3.8) is 0 Å². The molecule has 2 fully saturated rings. The molecule has 2 aromatic rings. The molecule has 32 heavy (non-hydrogen) atoms. The van der Waals surface area contributed by atoms with Crippen LogP contribution in [-0.2, 0) is 16.0 Å². The van der Waals surface area contributed by atoms with Gasteiger partial charge in [0, 0.05) is 30.8 Å². The van der Waals surface area contributed by atoms with E-state index in [9.17, 15) is 22.8 Å². The molecular weight excluding hydrogens is 421 g/mol. The molecule has 1 atom stereocenters. The molecule has 2 aliphatic rings. The maximum Gasteiger partial charge on any atom is 0.410 e. The van der Waals surface area contributed by atoms with Crippen LogP contribution in [-0.4, -0.2) is 53.6 Å². The van der Waals surface area contributed by atoms with Crippen LogP contribution >= 0.6 is 0 Å². The van der Waals surface area contributed by atoms with Crippen molar-refractivity contribution in [3.05, 3.63) is 77.1 Å². The fourth-order valence-electron chi connectivity index (χ4n) is 4.26. The van der Waals surface area contributed by atoms with Crippen molar-refractivity contribution in [3.8, 4) is 0 Å². The van der Waals surface area contributed by atoms with E-state index >= 15 is 0 Å². The number of cyclic esters (lactones) is 1.